The van der Waals surface area contributed by atoms with Gasteiger partial charge in [-0.1, -0.05) is 24.3 Å². The molecule has 100 valence electrons. The number of rotatable bonds is 5. The summed E-state index contributed by atoms with van der Waals surface area (Å²) in [4.78, 5) is 11.0. The highest BCUT2D eigenvalue weighted by Crippen LogP contribution is 2.15. The molecule has 2 rings (SSSR count). The van der Waals surface area contributed by atoms with Gasteiger partial charge in [-0.3, -0.25) is 0 Å². The van der Waals surface area contributed by atoms with E-state index in [-0.39, 0.29) is 0 Å². The van der Waals surface area contributed by atoms with Crippen LogP contribution in [0.15, 0.2) is 36.5 Å². The van der Waals surface area contributed by atoms with E-state index in [0.29, 0.717) is 6.54 Å². The summed E-state index contributed by atoms with van der Waals surface area (Å²) in [7, 11) is 0. The molecule has 0 saturated heterocycles. The first-order chi connectivity index (χ1) is 9.24. The van der Waals surface area contributed by atoms with Gasteiger partial charge in [-0.25, -0.2) is 9.97 Å². The van der Waals surface area contributed by atoms with Crippen molar-refractivity contribution in [1.29, 1.82) is 0 Å². The van der Waals surface area contributed by atoms with Gasteiger partial charge in [0, 0.05) is 31.5 Å². The Morgan fingerprint density at radius 3 is 2.53 bits per heavy atom. The van der Waals surface area contributed by atoms with E-state index < -0.39 is 0 Å². The molecule has 0 amide bonds. The Hall–Kier alpha value is -1.94. The highest BCUT2D eigenvalue weighted by molar-refractivity contribution is 5.35. The van der Waals surface area contributed by atoms with Gasteiger partial charge in [0.2, 0.25) is 5.95 Å². The van der Waals surface area contributed by atoms with Gasteiger partial charge < -0.3 is 10.6 Å². The fourth-order valence-electron chi connectivity index (χ4n) is 2.03. The molecule has 1 aromatic heterocycles. The summed E-state index contributed by atoms with van der Waals surface area (Å²) in [6, 6.07) is 10.1. The van der Waals surface area contributed by atoms with E-state index in [1.165, 1.54) is 11.1 Å². The van der Waals surface area contributed by atoms with Crippen LogP contribution in [-0.4, -0.2) is 16.5 Å². The summed E-state index contributed by atoms with van der Waals surface area (Å²) in [5.74, 6) is 0.773. The van der Waals surface area contributed by atoms with Crippen molar-refractivity contribution in [1.82, 2.24) is 9.97 Å². The molecule has 0 aliphatic rings. The van der Waals surface area contributed by atoms with E-state index in [0.717, 1.165) is 24.7 Å². The lowest BCUT2D eigenvalue weighted by Gasteiger charge is -2.22. The number of benzene rings is 1. The third-order valence-corrected chi connectivity index (χ3v) is 3.15. The van der Waals surface area contributed by atoms with Crippen molar-refractivity contribution < 1.29 is 0 Å². The third-order valence-electron chi connectivity index (χ3n) is 3.15. The van der Waals surface area contributed by atoms with Crippen molar-refractivity contribution in [2.24, 2.45) is 5.73 Å². The Morgan fingerprint density at radius 2 is 1.89 bits per heavy atom. The lowest BCUT2D eigenvalue weighted by molar-refractivity contribution is 0.779. The van der Waals surface area contributed by atoms with E-state index >= 15 is 0 Å². The smallest absolute Gasteiger partial charge is 0.225 e. The first-order valence-corrected chi connectivity index (χ1v) is 6.56. The van der Waals surface area contributed by atoms with Crippen molar-refractivity contribution in [2.45, 2.75) is 26.9 Å². The summed E-state index contributed by atoms with van der Waals surface area (Å²) in [6.45, 7) is 6.29. The van der Waals surface area contributed by atoms with E-state index in [1.54, 1.807) is 6.20 Å². The number of aryl methyl sites for hydroxylation is 1. The SMILES string of the molecule is CCN(Cc1ccccc1CN)c1nccc(C)n1. The number of nitrogens with zero attached hydrogens (tertiary/aromatic N) is 3. The van der Waals surface area contributed by atoms with Crippen LogP contribution in [-0.2, 0) is 13.1 Å². The van der Waals surface area contributed by atoms with Gasteiger partial charge in [-0.2, -0.15) is 0 Å². The average molecular weight is 256 g/mol. The van der Waals surface area contributed by atoms with Gasteiger partial charge in [0.1, 0.15) is 0 Å². The molecular weight excluding hydrogens is 236 g/mol. The molecule has 4 heteroatoms. The summed E-state index contributed by atoms with van der Waals surface area (Å²) in [5, 5.41) is 0. The van der Waals surface area contributed by atoms with Crippen molar-refractivity contribution >= 4 is 5.95 Å². The Morgan fingerprint density at radius 1 is 1.16 bits per heavy atom. The predicted octanol–water partition coefficient (Wildman–Crippen LogP) is 2.27. The van der Waals surface area contributed by atoms with Crippen molar-refractivity contribution in [3.05, 3.63) is 53.3 Å². The van der Waals surface area contributed by atoms with Crippen LogP contribution in [0.4, 0.5) is 5.95 Å². The van der Waals surface area contributed by atoms with E-state index in [4.69, 9.17) is 5.73 Å². The summed E-state index contributed by atoms with van der Waals surface area (Å²) in [6.07, 6.45) is 1.80. The first-order valence-electron chi connectivity index (χ1n) is 6.56. The van der Waals surface area contributed by atoms with Crippen LogP contribution in [0.3, 0.4) is 0 Å². The predicted molar refractivity (Wildman–Crippen MR) is 77.8 cm³/mol. The molecule has 0 aliphatic heterocycles. The zero-order valence-electron chi connectivity index (χ0n) is 11.5. The largest absolute Gasteiger partial charge is 0.337 e. The highest BCUT2D eigenvalue weighted by Gasteiger charge is 2.10. The van der Waals surface area contributed by atoms with Gasteiger partial charge in [0.15, 0.2) is 0 Å². The number of nitrogens with two attached hydrogens (primary N) is 1. The first kappa shape index (κ1) is 13.5. The van der Waals surface area contributed by atoms with Gasteiger partial charge >= 0.3 is 0 Å². The second-order valence-corrected chi connectivity index (χ2v) is 4.49. The van der Waals surface area contributed by atoms with E-state index in [1.807, 2.05) is 25.1 Å². The zero-order valence-corrected chi connectivity index (χ0v) is 11.5. The standard InChI is InChI=1S/C15H20N4/c1-3-19(15-17-9-8-12(2)18-15)11-14-7-5-4-6-13(14)10-16/h4-9H,3,10-11,16H2,1-2H3. The minimum absolute atomic E-state index is 0.558. The number of aromatic nitrogens is 2. The second-order valence-electron chi connectivity index (χ2n) is 4.49. The Labute approximate surface area is 114 Å². The summed E-state index contributed by atoms with van der Waals surface area (Å²) >= 11 is 0. The molecule has 0 atom stereocenters. The Balaban J connectivity index is 2.24. The molecule has 0 radical (unpaired) electrons. The molecule has 19 heavy (non-hydrogen) atoms. The zero-order chi connectivity index (χ0) is 13.7. The van der Waals surface area contributed by atoms with Crippen molar-refractivity contribution in [3.63, 3.8) is 0 Å². The molecule has 0 aliphatic carbocycles. The molecule has 0 bridgehead atoms. The summed E-state index contributed by atoms with van der Waals surface area (Å²) < 4.78 is 0. The molecule has 2 aromatic rings. The maximum Gasteiger partial charge on any atom is 0.225 e. The van der Waals surface area contributed by atoms with Crippen LogP contribution in [0.2, 0.25) is 0 Å². The monoisotopic (exact) mass is 256 g/mol. The Bertz CT molecular complexity index is 539. The van der Waals surface area contributed by atoms with Crippen LogP contribution in [0.5, 0.6) is 0 Å². The molecule has 0 fully saturated rings. The van der Waals surface area contributed by atoms with Gasteiger partial charge in [-0.15, -0.1) is 0 Å². The molecule has 0 unspecified atom stereocenters. The highest BCUT2D eigenvalue weighted by atomic mass is 15.2. The quantitative estimate of drug-likeness (QED) is 0.891. The average Bonchev–Trinajstić information content (AvgIpc) is 2.45. The summed E-state index contributed by atoms with van der Waals surface area (Å²) in [5.41, 5.74) is 9.17. The molecular formula is C15H20N4. The molecule has 1 aromatic carbocycles. The second kappa shape index (κ2) is 6.29. The maximum atomic E-state index is 5.78. The minimum atomic E-state index is 0.558. The molecule has 4 nitrogen and oxygen atoms in total. The van der Waals surface area contributed by atoms with Gasteiger partial charge in [-0.05, 0) is 31.0 Å². The van der Waals surface area contributed by atoms with Gasteiger partial charge in [0.25, 0.3) is 0 Å². The van der Waals surface area contributed by atoms with Crippen LogP contribution in [0, 0.1) is 6.92 Å². The normalized spacial score (nSPS) is 10.5. The van der Waals surface area contributed by atoms with Crippen molar-refractivity contribution in [2.75, 3.05) is 11.4 Å². The molecule has 0 saturated carbocycles. The van der Waals surface area contributed by atoms with Crippen LogP contribution in [0.25, 0.3) is 0 Å². The number of hydrogen-bond acceptors (Lipinski definition) is 4. The lowest BCUT2D eigenvalue weighted by atomic mass is 10.1. The van der Waals surface area contributed by atoms with E-state index in [2.05, 4.69) is 33.9 Å². The van der Waals surface area contributed by atoms with Crippen LogP contribution in [0.1, 0.15) is 23.7 Å². The van der Waals surface area contributed by atoms with Crippen LogP contribution >= 0.6 is 0 Å². The molecule has 1 heterocycles. The van der Waals surface area contributed by atoms with Crippen LogP contribution < -0.4 is 10.6 Å². The number of hydrogen-bond donors (Lipinski definition) is 1. The topological polar surface area (TPSA) is 55.0 Å². The maximum absolute atomic E-state index is 5.78. The molecule has 2 N–H and O–H groups in total. The Kier molecular flexibility index (Phi) is 4.47. The fourth-order valence-corrected chi connectivity index (χ4v) is 2.03. The molecule has 0 spiro atoms. The number of anilines is 1. The van der Waals surface area contributed by atoms with Gasteiger partial charge in [0.05, 0.1) is 0 Å². The van der Waals surface area contributed by atoms with Crippen molar-refractivity contribution in [3.8, 4) is 0 Å². The van der Waals surface area contributed by atoms with E-state index in [9.17, 15) is 0 Å². The fraction of sp³-hybridized carbons (Fsp3) is 0.333. The third kappa shape index (κ3) is 3.29. The minimum Gasteiger partial charge on any atom is -0.337 e. The lowest BCUT2D eigenvalue weighted by Crippen LogP contribution is -2.25.